The van der Waals surface area contributed by atoms with E-state index in [0.717, 1.165) is 31.4 Å². The fourth-order valence-electron chi connectivity index (χ4n) is 2.74. The lowest BCUT2D eigenvalue weighted by molar-refractivity contribution is -0.134. The van der Waals surface area contributed by atoms with Crippen LogP contribution < -0.4 is 0 Å². The summed E-state index contributed by atoms with van der Waals surface area (Å²) in [6.45, 7) is 3.31. The average Bonchev–Trinajstić information content (AvgIpc) is 2.76. The van der Waals surface area contributed by atoms with Gasteiger partial charge in [0.2, 0.25) is 11.8 Å². The number of nitrogens with zero attached hydrogens (tertiary/aromatic N) is 3. The second-order valence-electron chi connectivity index (χ2n) is 5.91. The maximum atomic E-state index is 12.4. The first-order valence-electron chi connectivity index (χ1n) is 8.03. The highest BCUT2D eigenvalue weighted by Crippen LogP contribution is 2.18. The molecule has 2 rings (SSSR count). The lowest BCUT2D eigenvalue weighted by Gasteiger charge is -2.27. The van der Waals surface area contributed by atoms with E-state index in [9.17, 15) is 9.59 Å². The number of likely N-dealkylation sites (tertiary alicyclic amines) is 1. The lowest BCUT2D eigenvalue weighted by atomic mass is 10.1. The van der Waals surface area contributed by atoms with E-state index in [1.54, 1.807) is 17.3 Å². The molecule has 2 amide bonds. The van der Waals surface area contributed by atoms with Crippen molar-refractivity contribution < 1.29 is 9.59 Å². The summed E-state index contributed by atoms with van der Waals surface area (Å²) >= 11 is 0. The van der Waals surface area contributed by atoms with Crippen molar-refractivity contribution in [2.45, 2.75) is 45.1 Å². The minimum absolute atomic E-state index is 0.0129. The van der Waals surface area contributed by atoms with Gasteiger partial charge in [-0.1, -0.05) is 12.5 Å². The molecule has 0 aromatic carbocycles. The zero-order valence-electron chi connectivity index (χ0n) is 13.5. The third-order valence-electron chi connectivity index (χ3n) is 4.41. The van der Waals surface area contributed by atoms with E-state index in [1.807, 2.05) is 31.0 Å². The van der Waals surface area contributed by atoms with Crippen LogP contribution in [0.15, 0.2) is 24.5 Å². The van der Waals surface area contributed by atoms with E-state index in [2.05, 4.69) is 4.98 Å². The summed E-state index contributed by atoms with van der Waals surface area (Å²) in [5.74, 6) is 0.252. The summed E-state index contributed by atoms with van der Waals surface area (Å²) in [7, 11) is 1.81. The second-order valence-corrected chi connectivity index (χ2v) is 5.91. The SMILES string of the molecule is C[C@@H](c1cccnc1)N(C)C(=O)CCN1CCCCCC1=O. The molecule has 1 fully saturated rings. The summed E-state index contributed by atoms with van der Waals surface area (Å²) < 4.78 is 0. The molecule has 0 bridgehead atoms. The van der Waals surface area contributed by atoms with Crippen LogP contribution in [0, 0.1) is 0 Å². The van der Waals surface area contributed by atoms with E-state index in [-0.39, 0.29) is 17.9 Å². The average molecular weight is 303 g/mol. The minimum atomic E-state index is -0.0129. The number of hydrogen-bond donors (Lipinski definition) is 0. The summed E-state index contributed by atoms with van der Waals surface area (Å²) in [5.41, 5.74) is 1.02. The van der Waals surface area contributed by atoms with Crippen LogP contribution in [-0.2, 0) is 9.59 Å². The lowest BCUT2D eigenvalue weighted by Crippen LogP contribution is -2.36. The highest BCUT2D eigenvalue weighted by Gasteiger charge is 2.21. The van der Waals surface area contributed by atoms with Crippen LogP contribution in [0.2, 0.25) is 0 Å². The van der Waals surface area contributed by atoms with Crippen molar-refractivity contribution in [2.75, 3.05) is 20.1 Å². The van der Waals surface area contributed by atoms with E-state index in [4.69, 9.17) is 0 Å². The van der Waals surface area contributed by atoms with Gasteiger partial charge in [-0.25, -0.2) is 0 Å². The highest BCUT2D eigenvalue weighted by molar-refractivity contribution is 5.79. The topological polar surface area (TPSA) is 53.5 Å². The van der Waals surface area contributed by atoms with Gasteiger partial charge >= 0.3 is 0 Å². The zero-order valence-corrected chi connectivity index (χ0v) is 13.5. The van der Waals surface area contributed by atoms with Crippen molar-refractivity contribution in [3.63, 3.8) is 0 Å². The van der Waals surface area contributed by atoms with E-state index in [0.29, 0.717) is 19.4 Å². The normalized spacial score (nSPS) is 17.0. The number of carbonyl (C=O) groups excluding carboxylic acids is 2. The van der Waals surface area contributed by atoms with Crippen molar-refractivity contribution in [3.8, 4) is 0 Å². The molecule has 0 aliphatic carbocycles. The Morgan fingerprint density at radius 1 is 1.41 bits per heavy atom. The van der Waals surface area contributed by atoms with Gasteiger partial charge in [-0.15, -0.1) is 0 Å². The van der Waals surface area contributed by atoms with Gasteiger partial charge in [0.25, 0.3) is 0 Å². The van der Waals surface area contributed by atoms with Gasteiger partial charge in [0.05, 0.1) is 6.04 Å². The molecule has 1 aromatic rings. The fourth-order valence-corrected chi connectivity index (χ4v) is 2.74. The molecular formula is C17H25N3O2. The smallest absolute Gasteiger partial charge is 0.224 e. The molecule has 0 radical (unpaired) electrons. The van der Waals surface area contributed by atoms with Crippen LogP contribution in [-0.4, -0.2) is 46.7 Å². The summed E-state index contributed by atoms with van der Waals surface area (Å²) in [6.07, 6.45) is 7.63. The Labute approximate surface area is 132 Å². The van der Waals surface area contributed by atoms with Crippen LogP contribution in [0.5, 0.6) is 0 Å². The van der Waals surface area contributed by atoms with Crippen molar-refractivity contribution >= 4 is 11.8 Å². The molecule has 1 aliphatic heterocycles. The number of hydrogen-bond acceptors (Lipinski definition) is 3. The molecule has 22 heavy (non-hydrogen) atoms. The Hall–Kier alpha value is -1.91. The zero-order chi connectivity index (χ0) is 15.9. The molecule has 1 aromatic heterocycles. The number of carbonyl (C=O) groups is 2. The maximum absolute atomic E-state index is 12.4. The van der Waals surface area contributed by atoms with Gasteiger partial charge in [0, 0.05) is 45.4 Å². The van der Waals surface area contributed by atoms with Crippen molar-refractivity contribution in [2.24, 2.45) is 0 Å². The Morgan fingerprint density at radius 3 is 2.95 bits per heavy atom. The van der Waals surface area contributed by atoms with Crippen LogP contribution in [0.4, 0.5) is 0 Å². The largest absolute Gasteiger partial charge is 0.342 e. The molecular weight excluding hydrogens is 278 g/mol. The minimum Gasteiger partial charge on any atom is -0.342 e. The third-order valence-corrected chi connectivity index (χ3v) is 4.41. The van der Waals surface area contributed by atoms with Gasteiger partial charge in [0.1, 0.15) is 0 Å². The standard InChI is InChI=1S/C17H25N3O2/c1-14(15-7-6-10-18-13-15)19(2)16(21)9-12-20-11-5-3-4-8-17(20)22/h6-7,10,13-14H,3-5,8-9,11-12H2,1-2H3/t14-/m0/s1. The van der Waals surface area contributed by atoms with Crippen LogP contribution in [0.3, 0.4) is 0 Å². The second kappa shape index (κ2) is 7.92. The van der Waals surface area contributed by atoms with Crippen molar-refractivity contribution in [1.82, 2.24) is 14.8 Å². The van der Waals surface area contributed by atoms with Crippen LogP contribution in [0.1, 0.15) is 50.6 Å². The number of aromatic nitrogens is 1. The number of rotatable bonds is 5. The maximum Gasteiger partial charge on any atom is 0.224 e. The number of pyridine rings is 1. The molecule has 1 aliphatic rings. The van der Waals surface area contributed by atoms with Gasteiger partial charge < -0.3 is 9.80 Å². The summed E-state index contributed by atoms with van der Waals surface area (Å²) in [6, 6.07) is 3.83. The molecule has 1 saturated heterocycles. The van der Waals surface area contributed by atoms with Gasteiger partial charge in [-0.05, 0) is 31.4 Å². The summed E-state index contributed by atoms with van der Waals surface area (Å²) in [5, 5.41) is 0. The summed E-state index contributed by atoms with van der Waals surface area (Å²) in [4.78, 5) is 32.0. The Balaban J connectivity index is 1.87. The Bertz CT molecular complexity index is 504. The first-order chi connectivity index (χ1) is 10.6. The van der Waals surface area contributed by atoms with Crippen LogP contribution in [0.25, 0.3) is 0 Å². The van der Waals surface area contributed by atoms with E-state index < -0.39 is 0 Å². The molecule has 5 heteroatoms. The van der Waals surface area contributed by atoms with E-state index >= 15 is 0 Å². The quantitative estimate of drug-likeness (QED) is 0.839. The first kappa shape index (κ1) is 16.5. The number of amides is 2. The predicted molar refractivity (Wildman–Crippen MR) is 85.1 cm³/mol. The molecule has 2 heterocycles. The first-order valence-corrected chi connectivity index (χ1v) is 8.03. The van der Waals surface area contributed by atoms with Gasteiger partial charge in [-0.2, -0.15) is 0 Å². The molecule has 0 N–H and O–H groups in total. The van der Waals surface area contributed by atoms with E-state index in [1.165, 1.54) is 0 Å². The molecule has 1 atom stereocenters. The Morgan fingerprint density at radius 2 is 2.23 bits per heavy atom. The van der Waals surface area contributed by atoms with Crippen molar-refractivity contribution in [3.05, 3.63) is 30.1 Å². The molecule has 0 saturated carbocycles. The highest BCUT2D eigenvalue weighted by atomic mass is 16.2. The molecule has 120 valence electrons. The third kappa shape index (κ3) is 4.29. The van der Waals surface area contributed by atoms with Crippen molar-refractivity contribution in [1.29, 1.82) is 0 Å². The predicted octanol–water partition coefficient (Wildman–Crippen LogP) is 2.39. The van der Waals surface area contributed by atoms with Crippen LogP contribution >= 0.6 is 0 Å². The molecule has 0 spiro atoms. The molecule has 0 unspecified atom stereocenters. The van der Waals surface area contributed by atoms with Gasteiger partial charge in [-0.3, -0.25) is 14.6 Å². The van der Waals surface area contributed by atoms with Gasteiger partial charge in [0.15, 0.2) is 0 Å². The molecule has 5 nitrogen and oxygen atoms in total. The fraction of sp³-hybridized carbons (Fsp3) is 0.588. The monoisotopic (exact) mass is 303 g/mol. The Kier molecular flexibility index (Phi) is 5.92.